The first kappa shape index (κ1) is 18.0. The van der Waals surface area contributed by atoms with Crippen LogP contribution in [0.2, 0.25) is 0 Å². The Balaban J connectivity index is 1.51. The van der Waals surface area contributed by atoms with Crippen LogP contribution >= 0.6 is 11.3 Å². The van der Waals surface area contributed by atoms with Gasteiger partial charge in [-0.1, -0.05) is 6.07 Å². The van der Waals surface area contributed by atoms with Crippen LogP contribution in [0.3, 0.4) is 0 Å². The molecule has 1 aromatic carbocycles. The van der Waals surface area contributed by atoms with Gasteiger partial charge in [0.25, 0.3) is 5.91 Å². The van der Waals surface area contributed by atoms with E-state index in [-0.39, 0.29) is 11.9 Å². The predicted octanol–water partition coefficient (Wildman–Crippen LogP) is 4.40. The molecule has 3 aromatic rings. The van der Waals surface area contributed by atoms with Crippen LogP contribution in [0.15, 0.2) is 66.3 Å². The number of carbonyl (C=O) groups excluding carboxylic acids is 1. The summed E-state index contributed by atoms with van der Waals surface area (Å²) in [5, 5.41) is 2.09. The van der Waals surface area contributed by atoms with Crippen molar-refractivity contribution in [3.63, 3.8) is 0 Å². The topological polar surface area (TPSA) is 34.5 Å². The van der Waals surface area contributed by atoms with E-state index in [0.717, 1.165) is 50.3 Å². The number of benzene rings is 1. The van der Waals surface area contributed by atoms with E-state index in [4.69, 9.17) is 4.74 Å². The number of aromatic nitrogens is 1. The first-order valence-electron chi connectivity index (χ1n) is 9.46. The molecule has 1 amide bonds. The number of hydrogen-bond donors (Lipinski definition) is 0. The Bertz CT molecular complexity index is 835. The van der Waals surface area contributed by atoms with Crippen LogP contribution in [0.1, 0.15) is 28.1 Å². The molecule has 3 heterocycles. The van der Waals surface area contributed by atoms with Gasteiger partial charge < -0.3 is 14.2 Å². The fraction of sp³-hybridized carbons (Fsp3) is 0.318. The van der Waals surface area contributed by atoms with Crippen LogP contribution in [0, 0.1) is 0 Å². The largest absolute Gasteiger partial charge is 0.381 e. The summed E-state index contributed by atoms with van der Waals surface area (Å²) in [5.74, 6) is 0.123. The maximum Gasteiger partial charge on any atom is 0.254 e. The lowest BCUT2D eigenvalue weighted by Gasteiger charge is -2.34. The molecule has 0 saturated carbocycles. The average molecular weight is 381 g/mol. The van der Waals surface area contributed by atoms with Gasteiger partial charge in [0.05, 0.1) is 0 Å². The third-order valence-electron chi connectivity index (χ3n) is 5.09. The van der Waals surface area contributed by atoms with Crippen molar-refractivity contribution in [2.24, 2.45) is 0 Å². The molecule has 0 N–H and O–H groups in total. The fourth-order valence-corrected chi connectivity index (χ4v) is 4.28. The quantitative estimate of drug-likeness (QED) is 0.635. The molecule has 2 aromatic heterocycles. The summed E-state index contributed by atoms with van der Waals surface area (Å²) in [6.07, 6.45) is 6.75. The van der Waals surface area contributed by atoms with Gasteiger partial charge in [0.2, 0.25) is 0 Å². The number of hydrogen-bond acceptors (Lipinski definition) is 3. The second-order valence-corrected chi connectivity index (χ2v) is 7.84. The van der Waals surface area contributed by atoms with E-state index >= 15 is 0 Å². The van der Waals surface area contributed by atoms with Crippen molar-refractivity contribution >= 4 is 17.2 Å². The number of amides is 1. The van der Waals surface area contributed by atoms with Gasteiger partial charge in [-0.25, -0.2) is 0 Å². The molecule has 0 spiro atoms. The minimum atomic E-state index is 0.123. The zero-order valence-corrected chi connectivity index (χ0v) is 16.1. The Labute approximate surface area is 164 Å². The zero-order chi connectivity index (χ0) is 18.5. The Kier molecular flexibility index (Phi) is 5.70. The van der Waals surface area contributed by atoms with Crippen molar-refractivity contribution in [2.45, 2.75) is 25.3 Å². The lowest BCUT2D eigenvalue weighted by molar-refractivity contribution is 0.0294. The fourth-order valence-electron chi connectivity index (χ4n) is 3.58. The van der Waals surface area contributed by atoms with Gasteiger partial charge in [0, 0.05) is 54.3 Å². The van der Waals surface area contributed by atoms with E-state index in [1.165, 1.54) is 4.88 Å². The highest BCUT2D eigenvalue weighted by Crippen LogP contribution is 2.20. The third kappa shape index (κ3) is 4.31. The van der Waals surface area contributed by atoms with Crippen LogP contribution in [0.5, 0.6) is 0 Å². The summed E-state index contributed by atoms with van der Waals surface area (Å²) in [4.78, 5) is 16.7. The zero-order valence-electron chi connectivity index (χ0n) is 15.3. The Morgan fingerprint density at radius 2 is 1.81 bits per heavy atom. The van der Waals surface area contributed by atoms with Crippen molar-refractivity contribution in [3.05, 3.63) is 76.7 Å². The first-order valence-corrected chi connectivity index (χ1v) is 10.3. The van der Waals surface area contributed by atoms with E-state index in [0.29, 0.717) is 0 Å². The van der Waals surface area contributed by atoms with Crippen LogP contribution in [-0.4, -0.2) is 41.2 Å². The predicted molar refractivity (Wildman–Crippen MR) is 109 cm³/mol. The lowest BCUT2D eigenvalue weighted by atomic mass is 10.0. The minimum absolute atomic E-state index is 0.123. The van der Waals surface area contributed by atoms with Gasteiger partial charge in [-0.05, 0) is 67.1 Å². The van der Waals surface area contributed by atoms with Crippen molar-refractivity contribution in [1.29, 1.82) is 0 Å². The molecule has 4 nitrogen and oxygen atoms in total. The second-order valence-electron chi connectivity index (χ2n) is 6.81. The van der Waals surface area contributed by atoms with Crippen LogP contribution < -0.4 is 0 Å². The van der Waals surface area contributed by atoms with E-state index in [2.05, 4.69) is 22.4 Å². The van der Waals surface area contributed by atoms with Crippen LogP contribution in [0.4, 0.5) is 0 Å². The molecule has 1 fully saturated rings. The number of nitrogens with zero attached hydrogens (tertiary/aromatic N) is 2. The second kappa shape index (κ2) is 8.55. The normalized spacial score (nSPS) is 15.0. The molecule has 1 aliphatic rings. The number of ether oxygens (including phenoxy) is 1. The van der Waals surface area contributed by atoms with Crippen molar-refractivity contribution in [2.75, 3.05) is 19.8 Å². The summed E-state index contributed by atoms with van der Waals surface area (Å²) in [6.45, 7) is 2.23. The summed E-state index contributed by atoms with van der Waals surface area (Å²) in [6, 6.07) is 16.4. The number of rotatable bonds is 6. The Morgan fingerprint density at radius 3 is 2.48 bits per heavy atom. The molecule has 0 unspecified atom stereocenters. The van der Waals surface area contributed by atoms with E-state index in [1.807, 2.05) is 53.4 Å². The Morgan fingerprint density at radius 1 is 1.07 bits per heavy atom. The van der Waals surface area contributed by atoms with Gasteiger partial charge in [0.15, 0.2) is 0 Å². The van der Waals surface area contributed by atoms with E-state index in [1.54, 1.807) is 11.3 Å². The number of carbonyl (C=O) groups is 1. The van der Waals surface area contributed by atoms with Gasteiger partial charge >= 0.3 is 0 Å². The molecule has 0 aliphatic carbocycles. The SMILES string of the molecule is O=C(c1ccc(-n2cccc2)cc1)N(CCc1cccs1)C1CCOCC1. The molecule has 0 radical (unpaired) electrons. The van der Waals surface area contributed by atoms with Crippen LogP contribution in [0.25, 0.3) is 5.69 Å². The standard InChI is InChI=1S/C22H24N2O2S/c25-22(18-5-7-19(8-6-18)23-12-1-2-13-23)24(20-10-15-26-16-11-20)14-9-21-4-3-17-27-21/h1-8,12-13,17,20H,9-11,14-16H2. The molecule has 27 heavy (non-hydrogen) atoms. The third-order valence-corrected chi connectivity index (χ3v) is 6.02. The van der Waals surface area contributed by atoms with Crippen molar-refractivity contribution < 1.29 is 9.53 Å². The summed E-state index contributed by atoms with van der Waals surface area (Å²) in [5.41, 5.74) is 1.82. The molecule has 0 bridgehead atoms. The monoisotopic (exact) mass is 380 g/mol. The van der Waals surface area contributed by atoms with Crippen LogP contribution in [-0.2, 0) is 11.2 Å². The van der Waals surface area contributed by atoms with Crippen molar-refractivity contribution in [3.8, 4) is 5.69 Å². The summed E-state index contributed by atoms with van der Waals surface area (Å²) < 4.78 is 7.55. The van der Waals surface area contributed by atoms with Crippen molar-refractivity contribution in [1.82, 2.24) is 9.47 Å². The first-order chi connectivity index (χ1) is 13.3. The molecular formula is C22H24N2O2S. The summed E-state index contributed by atoms with van der Waals surface area (Å²) >= 11 is 1.75. The van der Waals surface area contributed by atoms with Gasteiger partial charge in [-0.2, -0.15) is 0 Å². The highest BCUT2D eigenvalue weighted by Gasteiger charge is 2.26. The maximum atomic E-state index is 13.3. The molecule has 4 rings (SSSR count). The van der Waals surface area contributed by atoms with E-state index in [9.17, 15) is 4.79 Å². The maximum absolute atomic E-state index is 13.3. The minimum Gasteiger partial charge on any atom is -0.381 e. The molecular weight excluding hydrogens is 356 g/mol. The highest BCUT2D eigenvalue weighted by molar-refractivity contribution is 7.09. The Hall–Kier alpha value is -2.37. The molecule has 5 heteroatoms. The summed E-state index contributed by atoms with van der Waals surface area (Å²) in [7, 11) is 0. The molecule has 1 aliphatic heterocycles. The van der Waals surface area contributed by atoms with Gasteiger partial charge in [-0.15, -0.1) is 11.3 Å². The van der Waals surface area contributed by atoms with E-state index < -0.39 is 0 Å². The van der Waals surface area contributed by atoms with Gasteiger partial charge in [-0.3, -0.25) is 4.79 Å². The number of thiophene rings is 1. The molecule has 1 saturated heterocycles. The lowest BCUT2D eigenvalue weighted by Crippen LogP contribution is -2.44. The highest BCUT2D eigenvalue weighted by atomic mass is 32.1. The van der Waals surface area contributed by atoms with Gasteiger partial charge in [0.1, 0.15) is 0 Å². The smallest absolute Gasteiger partial charge is 0.254 e. The molecule has 0 atom stereocenters. The molecule has 140 valence electrons. The average Bonchev–Trinajstić information content (AvgIpc) is 3.43.